The largest absolute Gasteiger partial charge is 0.573 e. The molecule has 1 heterocycles. The second kappa shape index (κ2) is 4.96. The summed E-state index contributed by atoms with van der Waals surface area (Å²) in [7, 11) is 0. The van der Waals surface area contributed by atoms with Gasteiger partial charge in [-0.1, -0.05) is 15.9 Å². The van der Waals surface area contributed by atoms with E-state index in [1.165, 1.54) is 0 Å². The van der Waals surface area contributed by atoms with Gasteiger partial charge in [-0.2, -0.15) is 0 Å². The van der Waals surface area contributed by atoms with Crippen LogP contribution in [0, 0.1) is 5.82 Å². The third-order valence-corrected chi connectivity index (χ3v) is 2.19. The second-order valence-electron chi connectivity index (χ2n) is 2.70. The first-order chi connectivity index (χ1) is 7.39. The van der Waals surface area contributed by atoms with Crippen LogP contribution in [0.2, 0.25) is 0 Å². The van der Waals surface area contributed by atoms with Gasteiger partial charge in [-0.3, -0.25) is 4.98 Å². The van der Waals surface area contributed by atoms with Gasteiger partial charge in [0.15, 0.2) is 11.6 Å². The Bertz CT molecular complexity index is 383. The molecule has 0 aliphatic carbocycles. The SMILES string of the molecule is OCc1c(OC(F)(F)F)cnc(CBr)c1F. The molecular formula is C8H6BrF4NO2. The van der Waals surface area contributed by atoms with E-state index >= 15 is 0 Å². The van der Waals surface area contributed by atoms with Crippen LogP contribution in [-0.2, 0) is 11.9 Å². The predicted molar refractivity (Wildman–Crippen MR) is 49.4 cm³/mol. The summed E-state index contributed by atoms with van der Waals surface area (Å²) < 4.78 is 52.7. The van der Waals surface area contributed by atoms with E-state index in [0.29, 0.717) is 0 Å². The van der Waals surface area contributed by atoms with E-state index in [4.69, 9.17) is 5.11 Å². The zero-order valence-corrected chi connectivity index (χ0v) is 9.27. The first-order valence-electron chi connectivity index (χ1n) is 3.98. The van der Waals surface area contributed by atoms with Gasteiger partial charge in [0.25, 0.3) is 0 Å². The molecule has 0 radical (unpaired) electrons. The first kappa shape index (κ1) is 13.2. The molecule has 16 heavy (non-hydrogen) atoms. The van der Waals surface area contributed by atoms with Gasteiger partial charge in [0.1, 0.15) is 0 Å². The lowest BCUT2D eigenvalue weighted by Crippen LogP contribution is -2.19. The average molecular weight is 304 g/mol. The van der Waals surface area contributed by atoms with Gasteiger partial charge < -0.3 is 9.84 Å². The van der Waals surface area contributed by atoms with Crippen LogP contribution in [0.15, 0.2) is 6.20 Å². The normalized spacial score (nSPS) is 11.6. The maximum atomic E-state index is 13.4. The van der Waals surface area contributed by atoms with Gasteiger partial charge in [-0.05, 0) is 0 Å². The van der Waals surface area contributed by atoms with Crippen LogP contribution in [0.25, 0.3) is 0 Å². The van der Waals surface area contributed by atoms with Crippen molar-refractivity contribution in [2.45, 2.75) is 18.3 Å². The maximum absolute atomic E-state index is 13.4. The number of hydrogen-bond acceptors (Lipinski definition) is 3. The minimum atomic E-state index is -4.95. The summed E-state index contributed by atoms with van der Waals surface area (Å²) in [6.07, 6.45) is -4.23. The summed E-state index contributed by atoms with van der Waals surface area (Å²) in [6, 6.07) is 0. The van der Waals surface area contributed by atoms with E-state index in [0.717, 1.165) is 6.20 Å². The number of nitrogens with zero attached hydrogens (tertiary/aromatic N) is 1. The van der Waals surface area contributed by atoms with E-state index in [9.17, 15) is 17.6 Å². The van der Waals surface area contributed by atoms with Crippen molar-refractivity contribution in [3.63, 3.8) is 0 Å². The number of ether oxygens (including phenoxy) is 1. The summed E-state index contributed by atoms with van der Waals surface area (Å²) in [5.74, 6) is -1.85. The molecule has 0 unspecified atom stereocenters. The Balaban J connectivity index is 3.16. The molecule has 0 aliphatic rings. The number of aliphatic hydroxyl groups is 1. The smallest absolute Gasteiger partial charge is 0.404 e. The highest BCUT2D eigenvalue weighted by molar-refractivity contribution is 9.08. The summed E-state index contributed by atoms with van der Waals surface area (Å²) >= 11 is 2.91. The van der Waals surface area contributed by atoms with Crippen molar-refractivity contribution in [2.75, 3.05) is 0 Å². The quantitative estimate of drug-likeness (QED) is 0.689. The van der Waals surface area contributed by atoms with Gasteiger partial charge in [0, 0.05) is 5.33 Å². The van der Waals surface area contributed by atoms with Crippen LogP contribution in [0.3, 0.4) is 0 Å². The molecule has 0 fully saturated rings. The molecule has 0 bridgehead atoms. The van der Waals surface area contributed by atoms with Crippen LogP contribution in [0.5, 0.6) is 5.75 Å². The summed E-state index contributed by atoms with van der Waals surface area (Å²) in [5.41, 5.74) is -0.666. The molecule has 1 aromatic heterocycles. The average Bonchev–Trinajstić information content (AvgIpc) is 2.16. The standard InChI is InChI=1S/C8H6BrF4NO2/c9-1-5-7(10)4(3-15)6(2-14-5)16-8(11,12)13/h2,15H,1,3H2. The molecule has 0 aliphatic heterocycles. The number of halogens is 5. The number of aliphatic hydroxyl groups excluding tert-OH is 1. The Labute approximate surface area is 96.2 Å². The summed E-state index contributed by atoms with van der Waals surface area (Å²) in [5, 5.41) is 8.81. The van der Waals surface area contributed by atoms with Crippen molar-refractivity contribution in [3.05, 3.63) is 23.3 Å². The Morgan fingerprint density at radius 1 is 1.44 bits per heavy atom. The molecule has 0 amide bonds. The second-order valence-corrected chi connectivity index (χ2v) is 3.26. The molecule has 0 aromatic carbocycles. The topological polar surface area (TPSA) is 42.4 Å². The number of rotatable bonds is 3. The van der Waals surface area contributed by atoms with E-state index in [2.05, 4.69) is 25.7 Å². The molecule has 90 valence electrons. The fraction of sp³-hybridized carbons (Fsp3) is 0.375. The van der Waals surface area contributed by atoms with Gasteiger partial charge in [-0.25, -0.2) is 4.39 Å². The lowest BCUT2D eigenvalue weighted by Gasteiger charge is -2.13. The zero-order chi connectivity index (χ0) is 12.3. The lowest BCUT2D eigenvalue weighted by atomic mass is 10.2. The van der Waals surface area contributed by atoms with Gasteiger partial charge in [0.2, 0.25) is 0 Å². The van der Waals surface area contributed by atoms with Crippen LogP contribution in [-0.4, -0.2) is 16.5 Å². The maximum Gasteiger partial charge on any atom is 0.573 e. The molecule has 1 N–H and O–H groups in total. The highest BCUT2D eigenvalue weighted by atomic mass is 79.9. The number of pyridine rings is 1. The molecule has 8 heteroatoms. The minimum absolute atomic E-state index is 0.0259. The Morgan fingerprint density at radius 2 is 2.06 bits per heavy atom. The summed E-state index contributed by atoms with van der Waals surface area (Å²) in [4.78, 5) is 3.43. The van der Waals surface area contributed by atoms with Crippen molar-refractivity contribution in [3.8, 4) is 5.75 Å². The Hall–Kier alpha value is -0.890. The molecular weight excluding hydrogens is 298 g/mol. The van der Waals surface area contributed by atoms with Crippen LogP contribution >= 0.6 is 15.9 Å². The first-order valence-corrected chi connectivity index (χ1v) is 5.10. The van der Waals surface area contributed by atoms with E-state index in [1.807, 2.05) is 0 Å². The predicted octanol–water partition coefficient (Wildman–Crippen LogP) is 2.51. The highest BCUT2D eigenvalue weighted by Crippen LogP contribution is 2.29. The third-order valence-electron chi connectivity index (χ3n) is 1.66. The minimum Gasteiger partial charge on any atom is -0.404 e. The molecule has 1 aromatic rings. The molecule has 3 nitrogen and oxygen atoms in total. The number of aromatic nitrogens is 1. The monoisotopic (exact) mass is 303 g/mol. The Kier molecular flexibility index (Phi) is 4.09. The number of hydrogen-bond donors (Lipinski definition) is 1. The van der Waals surface area contributed by atoms with E-state index in [-0.39, 0.29) is 11.0 Å². The van der Waals surface area contributed by atoms with Gasteiger partial charge in [-0.15, -0.1) is 13.2 Å². The molecule has 0 atom stereocenters. The van der Waals surface area contributed by atoms with Crippen molar-refractivity contribution in [1.29, 1.82) is 0 Å². The van der Waals surface area contributed by atoms with Crippen molar-refractivity contribution in [2.24, 2.45) is 0 Å². The third kappa shape index (κ3) is 3.05. The Morgan fingerprint density at radius 3 is 2.50 bits per heavy atom. The fourth-order valence-electron chi connectivity index (χ4n) is 1.01. The highest BCUT2D eigenvalue weighted by Gasteiger charge is 2.33. The fourth-order valence-corrected chi connectivity index (χ4v) is 1.40. The van der Waals surface area contributed by atoms with Crippen molar-refractivity contribution >= 4 is 15.9 Å². The molecule has 0 saturated heterocycles. The van der Waals surface area contributed by atoms with E-state index < -0.39 is 30.1 Å². The lowest BCUT2D eigenvalue weighted by molar-refractivity contribution is -0.275. The van der Waals surface area contributed by atoms with Crippen LogP contribution in [0.4, 0.5) is 17.6 Å². The van der Waals surface area contributed by atoms with E-state index in [1.54, 1.807) is 0 Å². The van der Waals surface area contributed by atoms with Crippen LogP contribution < -0.4 is 4.74 Å². The van der Waals surface area contributed by atoms with Crippen molar-refractivity contribution in [1.82, 2.24) is 4.98 Å². The van der Waals surface area contributed by atoms with Crippen LogP contribution in [0.1, 0.15) is 11.3 Å². The van der Waals surface area contributed by atoms with Gasteiger partial charge in [0.05, 0.1) is 24.1 Å². The molecule has 0 saturated carbocycles. The molecule has 0 spiro atoms. The van der Waals surface area contributed by atoms with Gasteiger partial charge >= 0.3 is 6.36 Å². The zero-order valence-electron chi connectivity index (χ0n) is 7.68. The molecule has 1 rings (SSSR count). The summed E-state index contributed by atoms with van der Waals surface area (Å²) in [6.45, 7) is -0.903. The number of alkyl halides is 4. The van der Waals surface area contributed by atoms with Crippen molar-refractivity contribution < 1.29 is 27.4 Å².